The SMILES string of the molecule is CC(C)c1c(C2(C(C)N)CC2)ccc2c1OCCCO2. The van der Waals surface area contributed by atoms with Crippen LogP contribution in [0.4, 0.5) is 0 Å². The first kappa shape index (κ1) is 13.7. The molecule has 110 valence electrons. The lowest BCUT2D eigenvalue weighted by atomic mass is 9.82. The molecule has 3 nitrogen and oxygen atoms in total. The van der Waals surface area contributed by atoms with Crippen LogP contribution in [0.25, 0.3) is 0 Å². The Morgan fingerprint density at radius 2 is 1.80 bits per heavy atom. The molecule has 20 heavy (non-hydrogen) atoms. The van der Waals surface area contributed by atoms with Gasteiger partial charge in [-0.25, -0.2) is 0 Å². The monoisotopic (exact) mass is 275 g/mol. The van der Waals surface area contributed by atoms with E-state index in [9.17, 15) is 0 Å². The molecule has 1 aromatic carbocycles. The summed E-state index contributed by atoms with van der Waals surface area (Å²) in [4.78, 5) is 0. The molecular weight excluding hydrogens is 250 g/mol. The zero-order valence-corrected chi connectivity index (χ0v) is 12.7. The van der Waals surface area contributed by atoms with Crippen LogP contribution in [-0.4, -0.2) is 19.3 Å². The van der Waals surface area contributed by atoms with Crippen molar-refractivity contribution in [2.24, 2.45) is 5.73 Å². The number of hydrogen-bond acceptors (Lipinski definition) is 3. The third kappa shape index (κ3) is 2.08. The van der Waals surface area contributed by atoms with Crippen LogP contribution in [0.15, 0.2) is 12.1 Å². The van der Waals surface area contributed by atoms with Gasteiger partial charge < -0.3 is 15.2 Å². The summed E-state index contributed by atoms with van der Waals surface area (Å²) in [6.45, 7) is 8.05. The van der Waals surface area contributed by atoms with E-state index in [1.807, 2.05) is 0 Å². The highest BCUT2D eigenvalue weighted by atomic mass is 16.5. The van der Waals surface area contributed by atoms with Gasteiger partial charge in [-0.05, 0) is 37.3 Å². The Balaban J connectivity index is 2.14. The molecule has 3 rings (SSSR count). The predicted octanol–water partition coefficient (Wildman–Crippen LogP) is 3.35. The minimum absolute atomic E-state index is 0.157. The maximum Gasteiger partial charge on any atom is 0.164 e. The second kappa shape index (κ2) is 4.96. The van der Waals surface area contributed by atoms with Crippen LogP contribution >= 0.6 is 0 Å². The first-order valence-corrected chi connectivity index (χ1v) is 7.75. The second-order valence-corrected chi connectivity index (χ2v) is 6.50. The van der Waals surface area contributed by atoms with Gasteiger partial charge in [0.25, 0.3) is 0 Å². The number of ether oxygens (including phenoxy) is 2. The molecule has 0 amide bonds. The van der Waals surface area contributed by atoms with Crippen LogP contribution in [-0.2, 0) is 5.41 Å². The molecule has 0 spiro atoms. The number of nitrogens with two attached hydrogens (primary N) is 1. The molecule has 2 aliphatic rings. The van der Waals surface area contributed by atoms with Crippen LogP contribution in [0.2, 0.25) is 0 Å². The van der Waals surface area contributed by atoms with Gasteiger partial charge in [-0.15, -0.1) is 0 Å². The molecule has 0 bridgehead atoms. The van der Waals surface area contributed by atoms with Crippen LogP contribution < -0.4 is 15.2 Å². The fraction of sp³-hybridized carbons (Fsp3) is 0.647. The van der Waals surface area contributed by atoms with Crippen LogP contribution in [0.1, 0.15) is 57.1 Å². The van der Waals surface area contributed by atoms with Gasteiger partial charge in [0.1, 0.15) is 0 Å². The topological polar surface area (TPSA) is 44.5 Å². The maximum atomic E-state index is 6.27. The van der Waals surface area contributed by atoms with Gasteiger partial charge in [-0.2, -0.15) is 0 Å². The Morgan fingerprint density at radius 3 is 2.40 bits per heavy atom. The van der Waals surface area contributed by atoms with E-state index in [1.54, 1.807) is 0 Å². The highest BCUT2D eigenvalue weighted by Crippen LogP contribution is 2.55. The van der Waals surface area contributed by atoms with Crippen molar-refractivity contribution in [1.29, 1.82) is 0 Å². The van der Waals surface area contributed by atoms with E-state index >= 15 is 0 Å². The number of fused-ring (bicyclic) bond motifs is 1. The molecule has 1 saturated carbocycles. The van der Waals surface area contributed by atoms with Gasteiger partial charge in [0.05, 0.1) is 13.2 Å². The molecule has 0 saturated heterocycles. The van der Waals surface area contributed by atoms with Crippen LogP contribution in [0.5, 0.6) is 11.5 Å². The summed E-state index contributed by atoms with van der Waals surface area (Å²) in [6.07, 6.45) is 3.31. The van der Waals surface area contributed by atoms with Gasteiger partial charge in [0, 0.05) is 23.4 Å². The minimum atomic E-state index is 0.157. The average Bonchev–Trinajstić information content (AvgIpc) is 3.21. The fourth-order valence-corrected chi connectivity index (χ4v) is 3.37. The summed E-state index contributed by atoms with van der Waals surface area (Å²) in [5.41, 5.74) is 9.11. The quantitative estimate of drug-likeness (QED) is 0.920. The lowest BCUT2D eigenvalue weighted by Crippen LogP contribution is -2.32. The lowest BCUT2D eigenvalue weighted by Gasteiger charge is -2.27. The Bertz CT molecular complexity index is 504. The van der Waals surface area contributed by atoms with Gasteiger partial charge >= 0.3 is 0 Å². The first-order valence-electron chi connectivity index (χ1n) is 7.75. The van der Waals surface area contributed by atoms with Crippen molar-refractivity contribution in [3.8, 4) is 11.5 Å². The molecular formula is C17H25NO2. The molecule has 1 unspecified atom stereocenters. The van der Waals surface area contributed by atoms with E-state index in [0.717, 1.165) is 31.1 Å². The van der Waals surface area contributed by atoms with Crippen molar-refractivity contribution in [2.75, 3.05) is 13.2 Å². The maximum absolute atomic E-state index is 6.27. The number of rotatable bonds is 3. The lowest BCUT2D eigenvalue weighted by molar-refractivity contribution is 0.295. The molecule has 1 aliphatic carbocycles. The Labute approximate surface area is 121 Å². The smallest absolute Gasteiger partial charge is 0.164 e. The van der Waals surface area contributed by atoms with Crippen molar-refractivity contribution in [2.45, 2.75) is 57.4 Å². The van der Waals surface area contributed by atoms with Crippen molar-refractivity contribution in [1.82, 2.24) is 0 Å². The standard InChI is InChI=1S/C17H25NO2/c1-11(2)15-13(17(7-8-17)12(3)18)5-6-14-16(15)20-10-4-9-19-14/h5-6,11-12H,4,7-10,18H2,1-3H3. The fourth-order valence-electron chi connectivity index (χ4n) is 3.37. The van der Waals surface area contributed by atoms with E-state index in [1.165, 1.54) is 24.0 Å². The minimum Gasteiger partial charge on any atom is -0.490 e. The Kier molecular flexibility index (Phi) is 3.41. The predicted molar refractivity (Wildman–Crippen MR) is 80.7 cm³/mol. The van der Waals surface area contributed by atoms with E-state index in [-0.39, 0.29) is 11.5 Å². The first-order chi connectivity index (χ1) is 9.56. The summed E-state index contributed by atoms with van der Waals surface area (Å²) in [7, 11) is 0. The summed E-state index contributed by atoms with van der Waals surface area (Å²) in [5.74, 6) is 2.27. The van der Waals surface area contributed by atoms with E-state index in [0.29, 0.717) is 5.92 Å². The normalized spacial score (nSPS) is 21.4. The van der Waals surface area contributed by atoms with E-state index in [2.05, 4.69) is 32.9 Å². The molecule has 2 N–H and O–H groups in total. The van der Waals surface area contributed by atoms with Gasteiger partial charge in [-0.3, -0.25) is 0 Å². The van der Waals surface area contributed by atoms with Crippen molar-refractivity contribution in [3.63, 3.8) is 0 Å². The Morgan fingerprint density at radius 1 is 1.10 bits per heavy atom. The molecule has 0 aromatic heterocycles. The molecule has 1 aliphatic heterocycles. The molecule has 0 radical (unpaired) electrons. The van der Waals surface area contributed by atoms with Gasteiger partial charge in [0.2, 0.25) is 0 Å². The molecule has 1 atom stereocenters. The molecule has 3 heteroatoms. The third-order valence-electron chi connectivity index (χ3n) is 4.73. The second-order valence-electron chi connectivity index (χ2n) is 6.50. The summed E-state index contributed by atoms with van der Waals surface area (Å²) in [5, 5.41) is 0. The van der Waals surface area contributed by atoms with E-state index in [4.69, 9.17) is 15.2 Å². The van der Waals surface area contributed by atoms with Gasteiger partial charge in [0.15, 0.2) is 11.5 Å². The number of hydrogen-bond donors (Lipinski definition) is 1. The zero-order chi connectivity index (χ0) is 14.3. The van der Waals surface area contributed by atoms with Crippen molar-refractivity contribution in [3.05, 3.63) is 23.3 Å². The molecule has 1 heterocycles. The largest absolute Gasteiger partial charge is 0.490 e. The van der Waals surface area contributed by atoms with Crippen molar-refractivity contribution >= 4 is 0 Å². The summed E-state index contributed by atoms with van der Waals surface area (Å²) in [6, 6.07) is 4.48. The average molecular weight is 275 g/mol. The van der Waals surface area contributed by atoms with Gasteiger partial charge in [-0.1, -0.05) is 19.9 Å². The summed E-state index contributed by atoms with van der Waals surface area (Å²) < 4.78 is 11.8. The molecule has 1 aromatic rings. The summed E-state index contributed by atoms with van der Waals surface area (Å²) >= 11 is 0. The number of benzene rings is 1. The van der Waals surface area contributed by atoms with Crippen molar-refractivity contribution < 1.29 is 9.47 Å². The Hall–Kier alpha value is -1.22. The third-order valence-corrected chi connectivity index (χ3v) is 4.73. The zero-order valence-electron chi connectivity index (χ0n) is 12.7. The molecule has 1 fully saturated rings. The highest BCUT2D eigenvalue weighted by Gasteiger charge is 2.49. The van der Waals surface area contributed by atoms with Crippen LogP contribution in [0.3, 0.4) is 0 Å². The van der Waals surface area contributed by atoms with Crippen LogP contribution in [0, 0.1) is 0 Å². The highest BCUT2D eigenvalue weighted by molar-refractivity contribution is 5.56. The van der Waals surface area contributed by atoms with E-state index < -0.39 is 0 Å².